The Bertz CT molecular complexity index is 525. The third-order valence-electron chi connectivity index (χ3n) is 2.17. The summed E-state index contributed by atoms with van der Waals surface area (Å²) in [6.45, 7) is 1.93. The lowest BCUT2D eigenvalue weighted by Gasteiger charge is -2.09. The van der Waals surface area contributed by atoms with E-state index in [1.165, 1.54) is 6.20 Å². The van der Waals surface area contributed by atoms with Gasteiger partial charge in [0.2, 0.25) is 0 Å². The Balaban J connectivity index is 2.24. The summed E-state index contributed by atoms with van der Waals surface area (Å²) in [7, 11) is 0. The van der Waals surface area contributed by atoms with Crippen LogP contribution in [0.1, 0.15) is 15.9 Å². The second-order valence-electron chi connectivity index (χ2n) is 3.43. The predicted octanol–water partition coefficient (Wildman–Crippen LogP) is 1.38. The van der Waals surface area contributed by atoms with E-state index in [2.05, 4.69) is 20.3 Å². The zero-order valence-electron chi connectivity index (χ0n) is 9.10. The van der Waals surface area contributed by atoms with Gasteiger partial charge in [-0.2, -0.15) is 0 Å². The number of nitrogens with two attached hydrogens (primary N) is 1. The number of amides is 1. The molecule has 0 unspecified atom stereocenters. The van der Waals surface area contributed by atoms with Crippen molar-refractivity contribution in [2.24, 2.45) is 5.84 Å². The van der Waals surface area contributed by atoms with Gasteiger partial charge < -0.3 is 10.7 Å². The first-order chi connectivity index (χ1) is 8.20. The number of carbonyl (C=O) groups excluding carboxylic acids is 1. The monoisotopic (exact) mass is 249 g/mol. The fourth-order valence-electron chi connectivity index (χ4n) is 1.38. The quantitative estimate of drug-likeness (QED) is 0.564. The summed E-state index contributed by atoms with van der Waals surface area (Å²) in [5.41, 5.74) is 4.59. The van der Waals surface area contributed by atoms with Crippen LogP contribution in [0.25, 0.3) is 0 Å². The van der Waals surface area contributed by atoms with Crippen molar-refractivity contribution in [2.45, 2.75) is 6.92 Å². The van der Waals surface area contributed by atoms with Crippen LogP contribution in [0.3, 0.4) is 0 Å². The Morgan fingerprint density at radius 2 is 2.29 bits per heavy atom. The lowest BCUT2D eigenvalue weighted by Crippen LogP contribution is -2.16. The van der Waals surface area contributed by atoms with Gasteiger partial charge in [-0.1, -0.05) is 10.6 Å². The van der Waals surface area contributed by atoms with E-state index in [9.17, 15) is 4.79 Å². The fraction of sp³-hybridized carbons (Fsp3) is 0.100. The number of aromatic nitrogens is 2. The largest absolute Gasteiger partial charge is 0.323 e. The molecule has 0 saturated carbocycles. The summed E-state index contributed by atoms with van der Waals surface area (Å²) < 4.78 is 3.66. The van der Waals surface area contributed by atoms with Gasteiger partial charge in [-0.15, -0.1) is 5.10 Å². The van der Waals surface area contributed by atoms with Crippen molar-refractivity contribution < 1.29 is 4.79 Å². The molecule has 0 aliphatic heterocycles. The average molecular weight is 249 g/mol. The van der Waals surface area contributed by atoms with E-state index < -0.39 is 0 Å². The zero-order chi connectivity index (χ0) is 12.3. The molecule has 1 aromatic carbocycles. The molecular formula is C10H11N5OS. The summed E-state index contributed by atoms with van der Waals surface area (Å²) in [4.78, 5) is 11.9. The van der Waals surface area contributed by atoms with Crippen molar-refractivity contribution in [1.82, 2.24) is 9.59 Å². The van der Waals surface area contributed by atoms with Gasteiger partial charge in [-0.25, -0.2) is 0 Å². The zero-order valence-corrected chi connectivity index (χ0v) is 9.91. The molecule has 0 bridgehead atoms. The molecule has 0 aliphatic rings. The highest BCUT2D eigenvalue weighted by atomic mass is 32.1. The van der Waals surface area contributed by atoms with Crippen molar-refractivity contribution in [3.05, 3.63) is 35.5 Å². The van der Waals surface area contributed by atoms with Crippen molar-refractivity contribution in [3.8, 4) is 0 Å². The van der Waals surface area contributed by atoms with Crippen LogP contribution in [0.2, 0.25) is 0 Å². The molecule has 0 radical (unpaired) electrons. The van der Waals surface area contributed by atoms with Crippen molar-refractivity contribution in [3.63, 3.8) is 0 Å². The third kappa shape index (κ3) is 2.58. The standard InChI is InChI=1S/C10H11N5OS/c1-6-2-3-7(8(4-6)14-11)10(16)13-9-5-12-15-17-9/h2-5,14H,11H2,1H3,(H,13,16). The van der Waals surface area contributed by atoms with Gasteiger partial charge >= 0.3 is 0 Å². The molecule has 7 heteroatoms. The molecule has 1 amide bonds. The highest BCUT2D eigenvalue weighted by Gasteiger charge is 2.12. The van der Waals surface area contributed by atoms with Crippen LogP contribution in [0.5, 0.6) is 0 Å². The Morgan fingerprint density at radius 1 is 1.47 bits per heavy atom. The molecule has 1 aromatic heterocycles. The number of nitrogens with one attached hydrogen (secondary N) is 2. The molecule has 4 N–H and O–H groups in total. The minimum Gasteiger partial charge on any atom is -0.323 e. The van der Waals surface area contributed by atoms with Gasteiger partial charge in [0.05, 0.1) is 17.4 Å². The van der Waals surface area contributed by atoms with Gasteiger partial charge in [0, 0.05) is 11.5 Å². The topological polar surface area (TPSA) is 92.9 Å². The molecule has 0 fully saturated rings. The predicted molar refractivity (Wildman–Crippen MR) is 66.9 cm³/mol. The van der Waals surface area contributed by atoms with Crippen molar-refractivity contribution >= 4 is 28.1 Å². The normalized spacial score (nSPS) is 10.0. The van der Waals surface area contributed by atoms with E-state index >= 15 is 0 Å². The highest BCUT2D eigenvalue weighted by molar-refractivity contribution is 7.10. The summed E-state index contributed by atoms with van der Waals surface area (Å²) in [5.74, 6) is 5.13. The molecule has 0 saturated heterocycles. The molecular weight excluding hydrogens is 238 g/mol. The molecule has 1 heterocycles. The van der Waals surface area contributed by atoms with Crippen LogP contribution < -0.4 is 16.6 Å². The van der Waals surface area contributed by atoms with Crippen molar-refractivity contribution in [2.75, 3.05) is 10.7 Å². The lowest BCUT2D eigenvalue weighted by atomic mass is 10.1. The second kappa shape index (κ2) is 4.89. The Labute approximate surface area is 102 Å². The number of nitrogen functional groups attached to an aromatic ring is 1. The second-order valence-corrected chi connectivity index (χ2v) is 4.21. The van der Waals surface area contributed by atoms with Crippen LogP contribution in [0.4, 0.5) is 10.7 Å². The third-order valence-corrected chi connectivity index (χ3v) is 2.75. The molecule has 0 spiro atoms. The molecule has 2 aromatic rings. The molecule has 88 valence electrons. The maximum absolute atomic E-state index is 11.9. The number of hydrogen-bond donors (Lipinski definition) is 3. The first kappa shape index (κ1) is 11.5. The molecule has 6 nitrogen and oxygen atoms in total. The summed E-state index contributed by atoms with van der Waals surface area (Å²) >= 11 is 1.12. The Morgan fingerprint density at radius 3 is 2.94 bits per heavy atom. The maximum Gasteiger partial charge on any atom is 0.258 e. The number of nitrogens with zero attached hydrogens (tertiary/aromatic N) is 2. The highest BCUT2D eigenvalue weighted by Crippen LogP contribution is 2.19. The molecule has 0 aliphatic carbocycles. The fourth-order valence-corrected chi connectivity index (χ4v) is 1.79. The van der Waals surface area contributed by atoms with E-state index in [1.807, 2.05) is 13.0 Å². The lowest BCUT2D eigenvalue weighted by molar-refractivity contribution is 0.102. The van der Waals surface area contributed by atoms with Gasteiger partial charge in [0.1, 0.15) is 5.00 Å². The van der Waals surface area contributed by atoms with Crippen LogP contribution in [-0.2, 0) is 0 Å². The van der Waals surface area contributed by atoms with E-state index in [1.54, 1.807) is 12.1 Å². The van der Waals surface area contributed by atoms with Gasteiger partial charge in [0.15, 0.2) is 0 Å². The van der Waals surface area contributed by atoms with Gasteiger partial charge in [-0.05, 0) is 24.6 Å². The number of carbonyl (C=O) groups is 1. The number of hydrogen-bond acceptors (Lipinski definition) is 6. The summed E-state index contributed by atoms with van der Waals surface area (Å²) in [6.07, 6.45) is 1.49. The van der Waals surface area contributed by atoms with Crippen LogP contribution >= 0.6 is 11.5 Å². The van der Waals surface area contributed by atoms with E-state index in [4.69, 9.17) is 5.84 Å². The summed E-state index contributed by atoms with van der Waals surface area (Å²) in [6, 6.07) is 5.37. The molecule has 2 rings (SSSR count). The van der Waals surface area contributed by atoms with E-state index in [-0.39, 0.29) is 5.91 Å². The first-order valence-corrected chi connectivity index (χ1v) is 5.64. The minimum atomic E-state index is -0.246. The molecule has 0 atom stereocenters. The number of hydrazine groups is 1. The van der Waals surface area contributed by atoms with Crippen molar-refractivity contribution in [1.29, 1.82) is 0 Å². The number of benzene rings is 1. The number of rotatable bonds is 3. The van der Waals surface area contributed by atoms with Crippen LogP contribution in [0.15, 0.2) is 24.4 Å². The minimum absolute atomic E-state index is 0.246. The first-order valence-electron chi connectivity index (χ1n) is 4.86. The number of anilines is 2. The van der Waals surface area contributed by atoms with Crippen LogP contribution in [-0.4, -0.2) is 15.5 Å². The number of aryl methyl sites for hydroxylation is 1. The van der Waals surface area contributed by atoms with Gasteiger partial charge in [0.25, 0.3) is 5.91 Å². The SMILES string of the molecule is Cc1ccc(C(=O)Nc2cnns2)c(NN)c1. The molecule has 17 heavy (non-hydrogen) atoms. The van der Waals surface area contributed by atoms with E-state index in [0.29, 0.717) is 16.3 Å². The maximum atomic E-state index is 11.9. The average Bonchev–Trinajstić information content (AvgIpc) is 2.81. The van der Waals surface area contributed by atoms with Gasteiger partial charge in [-0.3, -0.25) is 10.6 Å². The Kier molecular flexibility index (Phi) is 3.31. The Hall–Kier alpha value is -1.99. The smallest absolute Gasteiger partial charge is 0.258 e. The summed E-state index contributed by atoms with van der Waals surface area (Å²) in [5, 5.41) is 6.93. The van der Waals surface area contributed by atoms with E-state index in [0.717, 1.165) is 17.1 Å². The van der Waals surface area contributed by atoms with Crippen LogP contribution in [0, 0.1) is 6.92 Å².